The molecule has 0 aliphatic carbocycles. The fraction of sp³-hybridized carbons (Fsp3) is 0.389. The molecule has 1 amide bonds. The molecule has 0 aliphatic rings. The number of carbonyl (C=O) groups excluding carboxylic acids is 1. The fourth-order valence-electron chi connectivity index (χ4n) is 2.63. The van der Waals surface area contributed by atoms with Crippen molar-refractivity contribution in [3.05, 3.63) is 40.7 Å². The van der Waals surface area contributed by atoms with Crippen LogP contribution in [0.15, 0.2) is 24.3 Å². The van der Waals surface area contributed by atoms with Gasteiger partial charge in [-0.25, -0.2) is 4.98 Å². The summed E-state index contributed by atoms with van der Waals surface area (Å²) < 4.78 is 2.68. The highest BCUT2D eigenvalue weighted by Gasteiger charge is 2.23. The maximum atomic E-state index is 13.1. The Labute approximate surface area is 174 Å². The van der Waals surface area contributed by atoms with E-state index in [4.69, 9.17) is 11.6 Å². The number of halogens is 2. The molecule has 2 aromatic heterocycles. The van der Waals surface area contributed by atoms with Gasteiger partial charge >= 0.3 is 0 Å². The van der Waals surface area contributed by atoms with Crippen LogP contribution in [0.4, 0.5) is 5.13 Å². The van der Waals surface area contributed by atoms with Gasteiger partial charge in [-0.15, -0.1) is 12.4 Å². The molecule has 0 bridgehead atoms. The molecule has 0 N–H and O–H groups in total. The Hall–Kier alpha value is -1.67. The maximum Gasteiger partial charge on any atom is 0.280 e. The molecular formula is C18H23Cl2N5OS. The van der Waals surface area contributed by atoms with Crippen LogP contribution in [0.3, 0.4) is 0 Å². The van der Waals surface area contributed by atoms with Crippen LogP contribution >= 0.6 is 35.3 Å². The van der Waals surface area contributed by atoms with Gasteiger partial charge in [-0.3, -0.25) is 14.4 Å². The molecular weight excluding hydrogens is 405 g/mol. The highest BCUT2D eigenvalue weighted by molar-refractivity contribution is 7.22. The van der Waals surface area contributed by atoms with Crippen LogP contribution in [0, 0.1) is 6.92 Å². The Morgan fingerprint density at radius 3 is 2.63 bits per heavy atom. The third-order valence-electron chi connectivity index (χ3n) is 4.14. The third-order valence-corrected chi connectivity index (χ3v) is 5.41. The lowest BCUT2D eigenvalue weighted by atomic mass is 10.3. The molecule has 0 fully saturated rings. The van der Waals surface area contributed by atoms with E-state index in [-0.39, 0.29) is 18.3 Å². The topological polar surface area (TPSA) is 54.3 Å². The van der Waals surface area contributed by atoms with E-state index in [0.717, 1.165) is 28.9 Å². The molecule has 1 aromatic carbocycles. The Morgan fingerprint density at radius 1 is 1.26 bits per heavy atom. The maximum absolute atomic E-state index is 13.1. The lowest BCUT2D eigenvalue weighted by Crippen LogP contribution is -2.33. The number of aryl methyl sites for hydroxylation is 2. The van der Waals surface area contributed by atoms with Crippen molar-refractivity contribution in [3.63, 3.8) is 0 Å². The van der Waals surface area contributed by atoms with Crippen molar-refractivity contribution < 1.29 is 4.79 Å². The van der Waals surface area contributed by atoms with Crippen molar-refractivity contribution >= 4 is 56.6 Å². The van der Waals surface area contributed by atoms with Crippen molar-refractivity contribution in [2.45, 2.75) is 13.3 Å². The molecule has 0 aliphatic heterocycles. The first kappa shape index (κ1) is 21.6. The first-order chi connectivity index (χ1) is 12.3. The van der Waals surface area contributed by atoms with Crippen molar-refractivity contribution in [3.8, 4) is 0 Å². The van der Waals surface area contributed by atoms with E-state index in [2.05, 4.69) is 15.0 Å². The molecule has 3 rings (SSSR count). The molecule has 0 spiro atoms. The molecule has 146 valence electrons. The third kappa shape index (κ3) is 4.99. The Balaban J connectivity index is 0.00000261. The lowest BCUT2D eigenvalue weighted by Gasteiger charge is -2.20. The van der Waals surface area contributed by atoms with Gasteiger partial charge in [0.2, 0.25) is 0 Å². The van der Waals surface area contributed by atoms with Gasteiger partial charge in [0.25, 0.3) is 5.91 Å². The summed E-state index contributed by atoms with van der Waals surface area (Å²) in [6.45, 7) is 3.40. The van der Waals surface area contributed by atoms with Gasteiger partial charge in [0.05, 0.1) is 10.2 Å². The van der Waals surface area contributed by atoms with E-state index in [1.807, 2.05) is 52.3 Å². The zero-order valence-corrected chi connectivity index (χ0v) is 18.2. The quantitative estimate of drug-likeness (QED) is 0.595. The zero-order valence-electron chi connectivity index (χ0n) is 15.8. The number of fused-ring (bicyclic) bond motifs is 1. The summed E-state index contributed by atoms with van der Waals surface area (Å²) in [6.07, 6.45) is 0.848. The van der Waals surface area contributed by atoms with E-state index < -0.39 is 0 Å². The smallest absolute Gasteiger partial charge is 0.280 e. The van der Waals surface area contributed by atoms with Gasteiger partial charge < -0.3 is 4.90 Å². The summed E-state index contributed by atoms with van der Waals surface area (Å²) in [5, 5.41) is 5.68. The average Bonchev–Trinajstić information content (AvgIpc) is 3.14. The van der Waals surface area contributed by atoms with Crippen molar-refractivity contribution in [1.82, 2.24) is 19.7 Å². The SMILES string of the molecule is Cc1cc(C(=O)N(CCCN(C)C)c2nc3ccc(Cl)cc3s2)nn1C.Cl. The summed E-state index contributed by atoms with van der Waals surface area (Å²) in [5.41, 5.74) is 2.22. The minimum Gasteiger partial charge on any atom is -0.309 e. The first-order valence-electron chi connectivity index (χ1n) is 8.38. The van der Waals surface area contributed by atoms with Crippen LogP contribution < -0.4 is 4.90 Å². The highest BCUT2D eigenvalue weighted by Crippen LogP contribution is 2.31. The molecule has 0 atom stereocenters. The van der Waals surface area contributed by atoms with Crippen LogP contribution in [-0.2, 0) is 7.05 Å². The number of aromatic nitrogens is 3. The number of anilines is 1. The molecule has 2 heterocycles. The molecule has 0 saturated heterocycles. The molecule has 0 radical (unpaired) electrons. The van der Waals surface area contributed by atoms with Crippen LogP contribution in [0.5, 0.6) is 0 Å². The van der Waals surface area contributed by atoms with E-state index >= 15 is 0 Å². The normalized spacial score (nSPS) is 11.0. The molecule has 3 aromatic rings. The predicted molar refractivity (Wildman–Crippen MR) is 115 cm³/mol. The molecule has 9 heteroatoms. The van der Waals surface area contributed by atoms with Gasteiger partial charge in [0.15, 0.2) is 10.8 Å². The molecule has 0 saturated carbocycles. The molecule has 6 nitrogen and oxygen atoms in total. The zero-order chi connectivity index (χ0) is 18.8. The predicted octanol–water partition coefficient (Wildman–Crippen LogP) is 4.01. The number of rotatable bonds is 6. The van der Waals surface area contributed by atoms with Gasteiger partial charge in [-0.1, -0.05) is 22.9 Å². The molecule has 27 heavy (non-hydrogen) atoms. The lowest BCUT2D eigenvalue weighted by molar-refractivity contribution is 0.0980. The van der Waals surface area contributed by atoms with Gasteiger partial charge in [-0.2, -0.15) is 5.10 Å². The minimum absolute atomic E-state index is 0. The van der Waals surface area contributed by atoms with Crippen LogP contribution in [-0.4, -0.2) is 52.8 Å². The first-order valence-corrected chi connectivity index (χ1v) is 9.58. The summed E-state index contributed by atoms with van der Waals surface area (Å²) >= 11 is 7.56. The second kappa shape index (κ2) is 9.01. The van der Waals surface area contributed by atoms with Crippen molar-refractivity contribution in [1.29, 1.82) is 0 Å². The largest absolute Gasteiger partial charge is 0.309 e. The fourth-order valence-corrected chi connectivity index (χ4v) is 3.90. The van der Waals surface area contributed by atoms with Gasteiger partial charge in [-0.05, 0) is 58.3 Å². The Bertz CT molecular complexity index is 918. The second-order valence-corrected chi connectivity index (χ2v) is 7.96. The van der Waals surface area contributed by atoms with Crippen molar-refractivity contribution in [2.24, 2.45) is 7.05 Å². The highest BCUT2D eigenvalue weighted by atomic mass is 35.5. The summed E-state index contributed by atoms with van der Waals surface area (Å²) in [6, 6.07) is 7.38. The standard InChI is InChI=1S/C18H22ClN5OS.ClH/c1-12-10-15(21-23(12)4)17(25)24(9-5-8-22(2)3)18-20-14-7-6-13(19)11-16(14)26-18;/h6-7,10-11H,5,8-9H2,1-4H3;1H. The number of thiazole rings is 1. The summed E-state index contributed by atoms with van der Waals surface area (Å²) in [7, 11) is 5.88. The van der Waals surface area contributed by atoms with Crippen LogP contribution in [0.25, 0.3) is 10.2 Å². The Morgan fingerprint density at radius 2 is 2.00 bits per heavy atom. The minimum atomic E-state index is -0.127. The van der Waals surface area contributed by atoms with Crippen molar-refractivity contribution in [2.75, 3.05) is 32.1 Å². The number of hydrogen-bond donors (Lipinski definition) is 0. The van der Waals surface area contributed by atoms with E-state index in [1.54, 1.807) is 9.58 Å². The van der Waals surface area contributed by atoms with E-state index in [0.29, 0.717) is 22.4 Å². The number of hydrogen-bond acceptors (Lipinski definition) is 5. The van der Waals surface area contributed by atoms with Crippen LogP contribution in [0.2, 0.25) is 5.02 Å². The number of carbonyl (C=O) groups is 1. The number of amides is 1. The Kier molecular flexibility index (Phi) is 7.22. The number of benzene rings is 1. The summed E-state index contributed by atoms with van der Waals surface area (Å²) in [5.74, 6) is -0.127. The average molecular weight is 428 g/mol. The van der Waals surface area contributed by atoms with E-state index in [1.165, 1.54) is 11.3 Å². The van der Waals surface area contributed by atoms with Gasteiger partial charge in [0.1, 0.15) is 0 Å². The second-order valence-electron chi connectivity index (χ2n) is 6.52. The number of nitrogens with zero attached hydrogens (tertiary/aromatic N) is 5. The van der Waals surface area contributed by atoms with E-state index in [9.17, 15) is 4.79 Å². The summed E-state index contributed by atoms with van der Waals surface area (Å²) in [4.78, 5) is 21.6. The van der Waals surface area contributed by atoms with Gasteiger partial charge in [0, 0.05) is 24.3 Å². The monoisotopic (exact) mass is 427 g/mol. The molecule has 0 unspecified atom stereocenters. The van der Waals surface area contributed by atoms with Crippen LogP contribution in [0.1, 0.15) is 22.6 Å².